The molecule has 1 aromatic carbocycles. The third-order valence-electron chi connectivity index (χ3n) is 6.32. The van der Waals surface area contributed by atoms with E-state index < -0.39 is 12.1 Å². The Morgan fingerprint density at radius 2 is 1.82 bits per heavy atom. The Morgan fingerprint density at radius 1 is 1.09 bits per heavy atom. The highest BCUT2D eigenvalue weighted by atomic mass is 35.5. The van der Waals surface area contributed by atoms with Gasteiger partial charge in [-0.1, -0.05) is 28.4 Å². The zero-order valence-corrected chi connectivity index (χ0v) is 19.2. The summed E-state index contributed by atoms with van der Waals surface area (Å²) in [5.74, 6) is -0.927. The van der Waals surface area contributed by atoms with Crippen molar-refractivity contribution in [1.82, 2.24) is 20.0 Å². The molecule has 0 aliphatic carbocycles. The Kier molecular flexibility index (Phi) is 5.68. The summed E-state index contributed by atoms with van der Waals surface area (Å²) in [4.78, 5) is 24.5. The summed E-state index contributed by atoms with van der Waals surface area (Å²) in [5, 5.41) is 4.21. The Bertz CT molecular complexity index is 1220. The van der Waals surface area contributed by atoms with Gasteiger partial charge in [-0.05, 0) is 43.2 Å². The predicted molar refractivity (Wildman–Crippen MR) is 119 cm³/mol. The van der Waals surface area contributed by atoms with Crippen LogP contribution in [0.25, 0.3) is 11.4 Å². The lowest BCUT2D eigenvalue weighted by Crippen LogP contribution is -2.61. The molecule has 2 fully saturated rings. The van der Waals surface area contributed by atoms with Gasteiger partial charge in [0, 0.05) is 48.4 Å². The standard InChI is InChI=1S/C22H18Cl2F3N5O2/c23-14-2-3-15(16(24)9-14)19(33)31-7-5-21(6-8-31)11-32(12-21)17-4-1-13(10-28-17)18-29-20(34-30-18)22(25,26)27/h1-4,9-10H,5-8,11-12H2. The molecule has 0 unspecified atom stereocenters. The molecule has 0 bridgehead atoms. The third kappa shape index (κ3) is 4.32. The lowest BCUT2D eigenvalue weighted by Gasteiger charge is -2.54. The Balaban J connectivity index is 1.17. The van der Waals surface area contributed by atoms with Gasteiger partial charge in [-0.3, -0.25) is 4.79 Å². The van der Waals surface area contributed by atoms with E-state index >= 15 is 0 Å². The van der Waals surface area contributed by atoms with Gasteiger partial charge in [0.25, 0.3) is 5.91 Å². The summed E-state index contributed by atoms with van der Waals surface area (Å²) in [5.41, 5.74) is 0.896. The molecular weight excluding hydrogens is 494 g/mol. The topological polar surface area (TPSA) is 75.4 Å². The molecule has 2 aliphatic heterocycles. The maximum Gasteiger partial charge on any atom is 0.471 e. The molecule has 4 heterocycles. The van der Waals surface area contributed by atoms with Crippen LogP contribution in [0.3, 0.4) is 0 Å². The highest BCUT2D eigenvalue weighted by Crippen LogP contribution is 2.42. The monoisotopic (exact) mass is 511 g/mol. The summed E-state index contributed by atoms with van der Waals surface area (Å²) in [6, 6.07) is 8.22. The number of carbonyl (C=O) groups is 1. The van der Waals surface area contributed by atoms with Crippen LogP contribution in [0.2, 0.25) is 10.0 Å². The number of aromatic nitrogens is 3. The van der Waals surface area contributed by atoms with Crippen molar-refractivity contribution in [3.8, 4) is 11.4 Å². The number of carbonyl (C=O) groups excluding carboxylic acids is 1. The number of halogens is 5. The number of alkyl halides is 3. The Labute approximate surface area is 202 Å². The molecule has 1 spiro atoms. The van der Waals surface area contributed by atoms with Crippen LogP contribution in [-0.2, 0) is 6.18 Å². The second kappa shape index (κ2) is 8.42. The average Bonchev–Trinajstić information content (AvgIpc) is 3.28. The number of pyridine rings is 1. The first-order valence-electron chi connectivity index (χ1n) is 10.5. The van der Waals surface area contributed by atoms with E-state index in [9.17, 15) is 18.0 Å². The molecule has 0 saturated carbocycles. The highest BCUT2D eigenvalue weighted by Gasteiger charge is 2.46. The zero-order chi connectivity index (χ0) is 24.1. The number of rotatable bonds is 3. The second-order valence-electron chi connectivity index (χ2n) is 8.60. The maximum atomic E-state index is 12.8. The normalized spacial score (nSPS) is 17.7. The first kappa shape index (κ1) is 22.9. The van der Waals surface area contributed by atoms with E-state index in [2.05, 4.69) is 24.5 Å². The highest BCUT2D eigenvalue weighted by molar-refractivity contribution is 6.36. The van der Waals surface area contributed by atoms with Crippen LogP contribution in [0.1, 0.15) is 29.1 Å². The molecule has 0 atom stereocenters. The van der Waals surface area contributed by atoms with Crippen LogP contribution in [0.15, 0.2) is 41.1 Å². The summed E-state index contributed by atoms with van der Waals surface area (Å²) < 4.78 is 42.2. The van der Waals surface area contributed by atoms with Gasteiger partial charge < -0.3 is 14.3 Å². The summed E-state index contributed by atoms with van der Waals surface area (Å²) in [6.07, 6.45) is -1.53. The first-order valence-corrected chi connectivity index (χ1v) is 11.3. The van der Waals surface area contributed by atoms with E-state index in [1.54, 1.807) is 30.3 Å². The van der Waals surface area contributed by atoms with Crippen molar-refractivity contribution < 1.29 is 22.5 Å². The van der Waals surface area contributed by atoms with E-state index in [0.29, 0.717) is 34.3 Å². The Hall–Kier alpha value is -2.85. The van der Waals surface area contributed by atoms with Crippen LogP contribution >= 0.6 is 23.2 Å². The van der Waals surface area contributed by atoms with E-state index in [1.165, 1.54) is 6.20 Å². The number of benzene rings is 1. The first-order chi connectivity index (χ1) is 16.1. The average molecular weight is 512 g/mol. The van der Waals surface area contributed by atoms with E-state index in [4.69, 9.17) is 23.2 Å². The molecular formula is C22H18Cl2F3N5O2. The lowest BCUT2D eigenvalue weighted by atomic mass is 9.72. The van der Waals surface area contributed by atoms with Gasteiger partial charge >= 0.3 is 12.1 Å². The van der Waals surface area contributed by atoms with Crippen LogP contribution in [-0.4, -0.2) is 52.1 Å². The predicted octanol–water partition coefficient (Wildman–Crippen LogP) is 5.20. The molecule has 0 N–H and O–H groups in total. The molecule has 7 nitrogen and oxygen atoms in total. The summed E-state index contributed by atoms with van der Waals surface area (Å²) in [6.45, 7) is 2.86. The largest absolute Gasteiger partial charge is 0.471 e. The van der Waals surface area contributed by atoms with Gasteiger partial charge in [-0.2, -0.15) is 18.2 Å². The molecule has 2 aliphatic rings. The molecule has 2 saturated heterocycles. The minimum Gasteiger partial charge on any atom is -0.355 e. The number of piperidine rings is 1. The van der Waals surface area contributed by atoms with Crippen molar-refractivity contribution >= 4 is 34.9 Å². The van der Waals surface area contributed by atoms with Crippen molar-refractivity contribution in [2.24, 2.45) is 5.41 Å². The molecule has 3 aromatic rings. The molecule has 178 valence electrons. The van der Waals surface area contributed by atoms with Gasteiger partial charge in [0.1, 0.15) is 5.82 Å². The van der Waals surface area contributed by atoms with Crippen molar-refractivity contribution in [3.05, 3.63) is 58.0 Å². The zero-order valence-electron chi connectivity index (χ0n) is 17.6. The molecule has 5 rings (SSSR count). The minimum absolute atomic E-state index is 0.0971. The minimum atomic E-state index is -4.69. The maximum absolute atomic E-state index is 12.8. The number of nitrogens with zero attached hydrogens (tertiary/aromatic N) is 5. The van der Waals surface area contributed by atoms with Gasteiger partial charge in [0.2, 0.25) is 5.82 Å². The third-order valence-corrected chi connectivity index (χ3v) is 6.87. The fourth-order valence-electron chi connectivity index (χ4n) is 4.42. The number of likely N-dealkylation sites (tertiary alicyclic amines) is 1. The van der Waals surface area contributed by atoms with Crippen LogP contribution in [0.4, 0.5) is 19.0 Å². The molecule has 1 amide bonds. The van der Waals surface area contributed by atoms with E-state index in [1.807, 2.05) is 4.90 Å². The lowest BCUT2D eigenvalue weighted by molar-refractivity contribution is -0.159. The quantitative estimate of drug-likeness (QED) is 0.481. The molecule has 12 heteroatoms. The van der Waals surface area contributed by atoms with Gasteiger partial charge in [-0.25, -0.2) is 4.98 Å². The number of amides is 1. The van der Waals surface area contributed by atoms with Crippen LogP contribution in [0.5, 0.6) is 0 Å². The number of hydrogen-bond donors (Lipinski definition) is 0. The van der Waals surface area contributed by atoms with Gasteiger partial charge in [0.15, 0.2) is 0 Å². The van der Waals surface area contributed by atoms with Crippen molar-refractivity contribution in [1.29, 1.82) is 0 Å². The van der Waals surface area contributed by atoms with Crippen molar-refractivity contribution in [3.63, 3.8) is 0 Å². The van der Waals surface area contributed by atoms with Gasteiger partial charge in [0.05, 0.1) is 10.6 Å². The molecule has 34 heavy (non-hydrogen) atoms. The summed E-state index contributed by atoms with van der Waals surface area (Å²) >= 11 is 12.1. The van der Waals surface area contributed by atoms with E-state index in [-0.39, 0.29) is 17.1 Å². The smallest absolute Gasteiger partial charge is 0.355 e. The van der Waals surface area contributed by atoms with Gasteiger partial charge in [-0.15, -0.1) is 0 Å². The fraction of sp³-hybridized carbons (Fsp3) is 0.364. The fourth-order valence-corrected chi connectivity index (χ4v) is 4.91. The van der Waals surface area contributed by atoms with E-state index in [0.717, 1.165) is 31.7 Å². The molecule has 0 radical (unpaired) electrons. The second-order valence-corrected chi connectivity index (χ2v) is 9.44. The SMILES string of the molecule is O=C(c1ccc(Cl)cc1Cl)N1CCC2(CC1)CN(c1ccc(-c3noc(C(F)(F)F)n3)cn1)C2. The molecule has 2 aromatic heterocycles. The van der Waals surface area contributed by atoms with Crippen LogP contribution in [0, 0.1) is 5.41 Å². The number of hydrogen-bond acceptors (Lipinski definition) is 6. The number of anilines is 1. The Morgan fingerprint density at radius 3 is 2.41 bits per heavy atom. The van der Waals surface area contributed by atoms with Crippen molar-refractivity contribution in [2.75, 3.05) is 31.1 Å². The summed E-state index contributed by atoms with van der Waals surface area (Å²) in [7, 11) is 0. The van der Waals surface area contributed by atoms with Crippen molar-refractivity contribution in [2.45, 2.75) is 19.0 Å². The van der Waals surface area contributed by atoms with Crippen LogP contribution < -0.4 is 4.90 Å².